The van der Waals surface area contributed by atoms with Gasteiger partial charge in [0, 0.05) is 0 Å². The molecule has 0 aliphatic heterocycles. The van der Waals surface area contributed by atoms with Gasteiger partial charge in [-0.05, 0) is 0 Å². The van der Waals surface area contributed by atoms with E-state index in [1.54, 1.807) is 0 Å². The van der Waals surface area contributed by atoms with Crippen molar-refractivity contribution in [3.8, 4) is 0 Å². The van der Waals surface area contributed by atoms with Crippen molar-refractivity contribution in [1.82, 2.24) is 9.97 Å². The van der Waals surface area contributed by atoms with Crippen molar-refractivity contribution < 1.29 is 9.90 Å². The van der Waals surface area contributed by atoms with Crippen molar-refractivity contribution in [2.75, 3.05) is 0 Å². The fourth-order valence-electron chi connectivity index (χ4n) is 0.607. The number of H-pyrrole nitrogens is 1. The molecule has 0 atom stereocenters. The van der Waals surface area contributed by atoms with Gasteiger partial charge in [0.05, 0.1) is 17.9 Å². The van der Waals surface area contributed by atoms with Crippen LogP contribution in [0.5, 0.6) is 0 Å². The van der Waals surface area contributed by atoms with Crippen molar-refractivity contribution in [3.05, 3.63) is 17.7 Å². The topological polar surface area (TPSA) is 66.0 Å². The monoisotopic (exact) mass is 160 g/mol. The van der Waals surface area contributed by atoms with Crippen molar-refractivity contribution in [2.24, 2.45) is 0 Å². The normalized spacial score (nSPS) is 9.70. The lowest BCUT2D eigenvalue weighted by Crippen LogP contribution is -2.00. The molecule has 2 N–H and O–H groups in total. The quantitative estimate of drug-likeness (QED) is 0.631. The Kier molecular flexibility index (Phi) is 1.91. The predicted molar refractivity (Wildman–Crippen MR) is 35.1 cm³/mol. The molecule has 54 valence electrons. The van der Waals surface area contributed by atoms with Gasteiger partial charge < -0.3 is 10.1 Å². The number of nitrogens with one attached hydrogen (secondary N) is 1. The van der Waals surface area contributed by atoms with E-state index < -0.39 is 5.97 Å². The highest BCUT2D eigenvalue weighted by Gasteiger charge is 2.10. The molecular weight excluding hydrogens is 156 g/mol. The molecule has 0 spiro atoms. The number of nitrogens with zero attached hydrogens (tertiary/aromatic N) is 1. The number of hydrogen-bond donors (Lipinski definition) is 2. The third-order valence-corrected chi connectivity index (χ3v) is 1.32. The number of carbonyl (C=O) groups is 1. The summed E-state index contributed by atoms with van der Waals surface area (Å²) >= 11 is 5.38. The van der Waals surface area contributed by atoms with E-state index in [9.17, 15) is 4.79 Å². The van der Waals surface area contributed by atoms with Crippen LogP contribution in [0.25, 0.3) is 0 Å². The van der Waals surface area contributed by atoms with Crippen molar-refractivity contribution in [1.29, 1.82) is 0 Å². The summed E-state index contributed by atoms with van der Waals surface area (Å²) < 4.78 is 0. The minimum Gasteiger partial charge on any atom is -0.476 e. The van der Waals surface area contributed by atoms with Gasteiger partial charge >= 0.3 is 5.97 Å². The number of carboxylic acids is 1. The van der Waals surface area contributed by atoms with Crippen molar-refractivity contribution in [2.45, 2.75) is 5.88 Å². The number of aromatic nitrogens is 2. The molecule has 0 aliphatic carbocycles. The fourth-order valence-corrected chi connectivity index (χ4v) is 0.811. The van der Waals surface area contributed by atoms with Gasteiger partial charge in [0.15, 0.2) is 5.69 Å². The molecule has 0 bridgehead atoms. The maximum atomic E-state index is 10.3. The highest BCUT2D eigenvalue weighted by molar-refractivity contribution is 6.17. The molecule has 1 aromatic heterocycles. The third kappa shape index (κ3) is 1.11. The average molecular weight is 161 g/mol. The van der Waals surface area contributed by atoms with E-state index in [4.69, 9.17) is 16.7 Å². The number of hydrogen-bond acceptors (Lipinski definition) is 2. The molecule has 0 saturated heterocycles. The smallest absolute Gasteiger partial charge is 0.356 e. The molecule has 0 unspecified atom stereocenters. The van der Waals surface area contributed by atoms with Crippen LogP contribution in [0, 0.1) is 0 Å². The molecule has 0 radical (unpaired) electrons. The Morgan fingerprint density at radius 3 is 3.00 bits per heavy atom. The summed E-state index contributed by atoms with van der Waals surface area (Å²) in [6.45, 7) is 0. The molecule has 4 nitrogen and oxygen atoms in total. The molecule has 0 saturated carbocycles. The van der Waals surface area contributed by atoms with Gasteiger partial charge in [-0.3, -0.25) is 0 Å². The van der Waals surface area contributed by atoms with E-state index in [2.05, 4.69) is 9.97 Å². The van der Waals surface area contributed by atoms with Crippen LogP contribution in [0.3, 0.4) is 0 Å². The molecular formula is C5H5ClN2O2. The van der Waals surface area contributed by atoms with E-state index in [0.717, 1.165) is 0 Å². The Labute approximate surface area is 61.8 Å². The van der Waals surface area contributed by atoms with E-state index >= 15 is 0 Å². The number of halogens is 1. The predicted octanol–water partition coefficient (Wildman–Crippen LogP) is 0.847. The van der Waals surface area contributed by atoms with Gasteiger partial charge in [-0.25, -0.2) is 9.78 Å². The second-order valence-electron chi connectivity index (χ2n) is 1.67. The average Bonchev–Trinajstić information content (AvgIpc) is 2.33. The number of aromatic carboxylic acids is 1. The minimum atomic E-state index is -1.06. The zero-order valence-electron chi connectivity index (χ0n) is 4.97. The number of carboxylic acid groups (broad SMARTS) is 1. The number of rotatable bonds is 2. The zero-order chi connectivity index (χ0) is 7.56. The van der Waals surface area contributed by atoms with E-state index in [1.165, 1.54) is 6.33 Å². The molecule has 5 heteroatoms. The van der Waals surface area contributed by atoms with Crippen LogP contribution in [-0.4, -0.2) is 21.0 Å². The zero-order valence-corrected chi connectivity index (χ0v) is 5.72. The third-order valence-electron chi connectivity index (χ3n) is 1.05. The summed E-state index contributed by atoms with van der Waals surface area (Å²) in [5.74, 6) is -0.918. The van der Waals surface area contributed by atoms with E-state index in [0.29, 0.717) is 5.69 Å². The van der Waals surface area contributed by atoms with Crippen LogP contribution in [0.2, 0.25) is 0 Å². The molecule has 0 fully saturated rings. The lowest BCUT2D eigenvalue weighted by Gasteiger charge is -1.89. The molecule has 1 aromatic rings. The Morgan fingerprint density at radius 2 is 2.60 bits per heavy atom. The molecule has 1 rings (SSSR count). The van der Waals surface area contributed by atoms with Crippen LogP contribution in [0.15, 0.2) is 6.33 Å². The van der Waals surface area contributed by atoms with Crippen LogP contribution >= 0.6 is 11.6 Å². The summed E-state index contributed by atoms with van der Waals surface area (Å²) in [6, 6.07) is 0. The summed E-state index contributed by atoms with van der Waals surface area (Å²) in [5.41, 5.74) is 0.434. The van der Waals surface area contributed by atoms with Crippen LogP contribution in [-0.2, 0) is 5.88 Å². The first-order valence-electron chi connectivity index (χ1n) is 2.57. The molecule has 0 amide bonds. The SMILES string of the molecule is O=C(O)c1nc[nH]c1CCl. The maximum Gasteiger partial charge on any atom is 0.356 e. The lowest BCUT2D eigenvalue weighted by molar-refractivity contribution is 0.0690. The van der Waals surface area contributed by atoms with Gasteiger partial charge in [-0.2, -0.15) is 0 Å². The van der Waals surface area contributed by atoms with Gasteiger partial charge in [-0.1, -0.05) is 0 Å². The Balaban J connectivity index is 3.01. The second kappa shape index (κ2) is 2.70. The lowest BCUT2D eigenvalue weighted by atomic mass is 10.3. The van der Waals surface area contributed by atoms with Gasteiger partial charge in [0.25, 0.3) is 0 Å². The first kappa shape index (κ1) is 7.08. The summed E-state index contributed by atoms with van der Waals surface area (Å²) in [7, 11) is 0. The van der Waals surface area contributed by atoms with Gasteiger partial charge in [0.1, 0.15) is 0 Å². The van der Waals surface area contributed by atoms with Gasteiger partial charge in [-0.15, -0.1) is 11.6 Å². The van der Waals surface area contributed by atoms with Gasteiger partial charge in [0.2, 0.25) is 0 Å². The number of imidazole rings is 1. The standard InChI is InChI=1S/C5H5ClN2O2/c6-1-3-4(5(9)10)8-2-7-3/h2H,1H2,(H,7,8)(H,9,10). The molecule has 0 aliphatic rings. The first-order chi connectivity index (χ1) is 4.75. The van der Waals surface area contributed by atoms with E-state index in [-0.39, 0.29) is 11.6 Å². The largest absolute Gasteiger partial charge is 0.476 e. The number of alkyl halides is 1. The Bertz CT molecular complexity index is 246. The molecule has 10 heavy (non-hydrogen) atoms. The molecule has 0 aromatic carbocycles. The summed E-state index contributed by atoms with van der Waals surface area (Å²) in [6.07, 6.45) is 1.31. The van der Waals surface area contributed by atoms with Crippen LogP contribution in [0.1, 0.15) is 16.2 Å². The molecule has 1 heterocycles. The Hall–Kier alpha value is -1.03. The second-order valence-corrected chi connectivity index (χ2v) is 1.94. The van der Waals surface area contributed by atoms with Crippen LogP contribution in [0.4, 0.5) is 0 Å². The Morgan fingerprint density at radius 1 is 1.90 bits per heavy atom. The first-order valence-corrected chi connectivity index (χ1v) is 3.10. The van der Waals surface area contributed by atoms with Crippen molar-refractivity contribution >= 4 is 17.6 Å². The van der Waals surface area contributed by atoms with E-state index in [1.807, 2.05) is 0 Å². The maximum absolute atomic E-state index is 10.3. The van der Waals surface area contributed by atoms with Crippen LogP contribution < -0.4 is 0 Å². The highest BCUT2D eigenvalue weighted by Crippen LogP contribution is 2.04. The summed E-state index contributed by atoms with van der Waals surface area (Å²) in [5, 5.41) is 8.44. The summed E-state index contributed by atoms with van der Waals surface area (Å²) in [4.78, 5) is 16.5. The number of aromatic amines is 1. The van der Waals surface area contributed by atoms with Crippen molar-refractivity contribution in [3.63, 3.8) is 0 Å². The highest BCUT2D eigenvalue weighted by atomic mass is 35.5. The fraction of sp³-hybridized carbons (Fsp3) is 0.200. The minimum absolute atomic E-state index is 0.00463.